The van der Waals surface area contributed by atoms with Crippen LogP contribution in [-0.2, 0) is 11.3 Å². The Balaban J connectivity index is 2.50. The molecule has 0 aliphatic heterocycles. The fraction of sp³-hybridized carbons (Fsp3) is 0.357. The van der Waals surface area contributed by atoms with Crippen molar-refractivity contribution in [2.75, 3.05) is 7.11 Å². The van der Waals surface area contributed by atoms with Gasteiger partial charge in [-0.1, -0.05) is 35.9 Å². The second kappa shape index (κ2) is 6.69. The summed E-state index contributed by atoms with van der Waals surface area (Å²) in [6.07, 6.45) is 0.0104. The Bertz CT molecular complexity index is 625. The van der Waals surface area contributed by atoms with Crippen LogP contribution in [0.2, 0.25) is 5.02 Å². The van der Waals surface area contributed by atoms with Gasteiger partial charge in [0.1, 0.15) is 5.69 Å². The first-order chi connectivity index (χ1) is 10.1. The number of esters is 1. The molecule has 21 heavy (non-hydrogen) atoms. The fourth-order valence-electron chi connectivity index (χ4n) is 1.90. The fourth-order valence-corrected chi connectivity index (χ4v) is 2.02. The quantitative estimate of drug-likeness (QED) is 0.856. The normalized spacial score (nSPS) is 12.2. The monoisotopic (exact) mass is 309 g/mol. The third kappa shape index (κ3) is 3.40. The molecule has 0 radical (unpaired) electrons. The number of rotatable bonds is 5. The van der Waals surface area contributed by atoms with Crippen LogP contribution in [0.25, 0.3) is 11.3 Å². The Labute approximate surface area is 127 Å². The molecule has 0 amide bonds. The number of carbonyl (C=O) groups is 1. The lowest BCUT2D eigenvalue weighted by molar-refractivity contribution is 0.0594. The van der Waals surface area contributed by atoms with Gasteiger partial charge in [-0.25, -0.2) is 9.48 Å². The summed E-state index contributed by atoms with van der Waals surface area (Å²) in [6.45, 7) is 2.11. The van der Waals surface area contributed by atoms with E-state index in [0.717, 1.165) is 5.56 Å². The summed E-state index contributed by atoms with van der Waals surface area (Å²) in [5, 5.41) is 18.2. The molecule has 0 aliphatic rings. The summed E-state index contributed by atoms with van der Waals surface area (Å²) in [7, 11) is 1.29. The van der Waals surface area contributed by atoms with Gasteiger partial charge < -0.3 is 9.84 Å². The van der Waals surface area contributed by atoms with Crippen molar-refractivity contribution >= 4 is 17.6 Å². The number of carbonyl (C=O) groups excluding carboxylic acids is 1. The van der Waals surface area contributed by atoms with E-state index in [0.29, 0.717) is 17.1 Å². The van der Waals surface area contributed by atoms with Gasteiger partial charge in [0, 0.05) is 10.6 Å². The van der Waals surface area contributed by atoms with E-state index in [9.17, 15) is 9.90 Å². The predicted molar refractivity (Wildman–Crippen MR) is 78.1 cm³/mol. The zero-order chi connectivity index (χ0) is 15.4. The lowest BCUT2D eigenvalue weighted by atomic mass is 10.1. The van der Waals surface area contributed by atoms with Crippen LogP contribution in [0.5, 0.6) is 0 Å². The van der Waals surface area contributed by atoms with Gasteiger partial charge in [0.05, 0.1) is 19.8 Å². The summed E-state index contributed by atoms with van der Waals surface area (Å²) in [6, 6.07) is 6.96. The lowest BCUT2D eigenvalue weighted by Gasteiger charge is -2.11. The number of aromatic nitrogens is 3. The minimum atomic E-state index is -0.572. The standard InChI is InChI=1S/C14H16ClN3O3/c1-3-11(19)8-18-13(9-4-6-10(15)7-5-9)12(16-17-18)14(20)21-2/h4-7,11,19H,3,8H2,1-2H3. The second-order valence-corrected chi connectivity index (χ2v) is 4.97. The number of halogens is 1. The number of hydrogen-bond acceptors (Lipinski definition) is 5. The van der Waals surface area contributed by atoms with E-state index in [-0.39, 0.29) is 12.2 Å². The SMILES string of the molecule is CCC(O)Cn1nnc(C(=O)OC)c1-c1ccc(Cl)cc1. The molecule has 2 rings (SSSR count). The van der Waals surface area contributed by atoms with Gasteiger partial charge in [-0.15, -0.1) is 5.10 Å². The third-order valence-electron chi connectivity index (χ3n) is 3.09. The van der Waals surface area contributed by atoms with Crippen molar-refractivity contribution in [3.05, 3.63) is 35.0 Å². The highest BCUT2D eigenvalue weighted by molar-refractivity contribution is 6.30. The molecular weight excluding hydrogens is 294 g/mol. The molecule has 0 bridgehead atoms. The van der Waals surface area contributed by atoms with Gasteiger partial charge in [-0.05, 0) is 18.6 Å². The molecule has 1 aromatic heterocycles. The van der Waals surface area contributed by atoms with E-state index in [1.807, 2.05) is 6.92 Å². The van der Waals surface area contributed by atoms with Crippen molar-refractivity contribution in [1.29, 1.82) is 0 Å². The van der Waals surface area contributed by atoms with Crippen molar-refractivity contribution < 1.29 is 14.6 Å². The molecule has 0 aliphatic carbocycles. The number of ether oxygens (including phenoxy) is 1. The molecule has 112 valence electrons. The molecule has 6 nitrogen and oxygen atoms in total. The van der Waals surface area contributed by atoms with Gasteiger partial charge >= 0.3 is 5.97 Å². The van der Waals surface area contributed by atoms with Crippen LogP contribution >= 0.6 is 11.6 Å². The van der Waals surface area contributed by atoms with Crippen LogP contribution in [0.4, 0.5) is 0 Å². The second-order valence-electron chi connectivity index (χ2n) is 4.53. The van der Waals surface area contributed by atoms with Crippen molar-refractivity contribution in [1.82, 2.24) is 15.0 Å². The maximum absolute atomic E-state index is 11.8. The van der Waals surface area contributed by atoms with Crippen LogP contribution in [0.1, 0.15) is 23.8 Å². The summed E-state index contributed by atoms with van der Waals surface area (Å²) in [5.74, 6) is -0.572. The molecular formula is C14H16ClN3O3. The molecule has 0 saturated carbocycles. The molecule has 2 aromatic rings. The van der Waals surface area contributed by atoms with E-state index in [4.69, 9.17) is 16.3 Å². The molecule has 1 atom stereocenters. The molecule has 7 heteroatoms. The summed E-state index contributed by atoms with van der Waals surface area (Å²) >= 11 is 5.88. The largest absolute Gasteiger partial charge is 0.464 e. The zero-order valence-corrected chi connectivity index (χ0v) is 12.5. The van der Waals surface area contributed by atoms with Gasteiger partial charge in [-0.2, -0.15) is 0 Å². The van der Waals surface area contributed by atoms with E-state index in [1.54, 1.807) is 24.3 Å². The average Bonchev–Trinajstić information content (AvgIpc) is 2.90. The average molecular weight is 310 g/mol. The van der Waals surface area contributed by atoms with E-state index in [2.05, 4.69) is 10.3 Å². The molecule has 0 spiro atoms. The summed E-state index contributed by atoms with van der Waals surface area (Å²) < 4.78 is 6.23. The minimum Gasteiger partial charge on any atom is -0.464 e. The molecule has 0 saturated heterocycles. The third-order valence-corrected chi connectivity index (χ3v) is 3.34. The summed E-state index contributed by atoms with van der Waals surface area (Å²) in [5.41, 5.74) is 1.35. The Kier molecular flexibility index (Phi) is 4.93. The van der Waals surface area contributed by atoms with Gasteiger partial charge in [0.2, 0.25) is 0 Å². The number of aliphatic hydroxyl groups is 1. The number of hydrogen-bond donors (Lipinski definition) is 1. The Morgan fingerprint density at radius 3 is 2.67 bits per heavy atom. The van der Waals surface area contributed by atoms with Crippen LogP contribution in [0.3, 0.4) is 0 Å². The molecule has 1 N–H and O–H groups in total. The number of methoxy groups -OCH3 is 1. The van der Waals surface area contributed by atoms with Gasteiger partial charge in [0.15, 0.2) is 5.69 Å². The van der Waals surface area contributed by atoms with Crippen molar-refractivity contribution in [3.8, 4) is 11.3 Å². The highest BCUT2D eigenvalue weighted by Gasteiger charge is 2.22. The molecule has 1 aromatic carbocycles. The van der Waals surface area contributed by atoms with E-state index >= 15 is 0 Å². The Morgan fingerprint density at radius 2 is 2.10 bits per heavy atom. The molecule has 0 fully saturated rings. The maximum Gasteiger partial charge on any atom is 0.360 e. The highest BCUT2D eigenvalue weighted by atomic mass is 35.5. The van der Waals surface area contributed by atoms with Crippen LogP contribution in [0.15, 0.2) is 24.3 Å². The van der Waals surface area contributed by atoms with Crippen molar-refractivity contribution in [2.24, 2.45) is 0 Å². The molecule has 1 heterocycles. The van der Waals surface area contributed by atoms with Crippen LogP contribution < -0.4 is 0 Å². The van der Waals surface area contributed by atoms with Gasteiger partial charge in [-0.3, -0.25) is 0 Å². The smallest absolute Gasteiger partial charge is 0.360 e. The van der Waals surface area contributed by atoms with Crippen molar-refractivity contribution in [2.45, 2.75) is 26.0 Å². The van der Waals surface area contributed by atoms with Crippen molar-refractivity contribution in [3.63, 3.8) is 0 Å². The molecule has 1 unspecified atom stereocenters. The topological polar surface area (TPSA) is 77.2 Å². The first-order valence-electron chi connectivity index (χ1n) is 6.52. The number of benzene rings is 1. The first-order valence-corrected chi connectivity index (χ1v) is 6.90. The van der Waals surface area contributed by atoms with E-state index < -0.39 is 12.1 Å². The Morgan fingerprint density at radius 1 is 1.43 bits per heavy atom. The van der Waals surface area contributed by atoms with E-state index in [1.165, 1.54) is 11.8 Å². The Hall–Kier alpha value is -1.92. The summed E-state index contributed by atoms with van der Waals surface area (Å²) in [4.78, 5) is 11.8. The number of nitrogens with zero attached hydrogens (tertiary/aromatic N) is 3. The highest BCUT2D eigenvalue weighted by Crippen LogP contribution is 2.25. The van der Waals surface area contributed by atoms with Gasteiger partial charge in [0.25, 0.3) is 0 Å². The predicted octanol–water partition coefficient (Wildman–Crippen LogP) is 2.16. The zero-order valence-electron chi connectivity index (χ0n) is 11.8. The lowest BCUT2D eigenvalue weighted by Crippen LogP contribution is -2.17. The van der Waals surface area contributed by atoms with Crippen LogP contribution in [-0.4, -0.2) is 39.3 Å². The first kappa shape index (κ1) is 15.5. The maximum atomic E-state index is 11.8. The number of aliphatic hydroxyl groups excluding tert-OH is 1. The minimum absolute atomic E-state index is 0.114. The van der Waals surface area contributed by atoms with Crippen LogP contribution in [0, 0.1) is 0 Å².